The molecule has 12 heteroatoms. The van der Waals surface area contributed by atoms with E-state index in [1.807, 2.05) is 33.2 Å². The lowest BCUT2D eigenvalue weighted by molar-refractivity contribution is -0.190. The number of nitrogens with zero attached hydrogens (tertiary/aromatic N) is 2. The van der Waals surface area contributed by atoms with Gasteiger partial charge in [-0.2, -0.15) is 0 Å². The van der Waals surface area contributed by atoms with Crippen molar-refractivity contribution in [3.63, 3.8) is 0 Å². The van der Waals surface area contributed by atoms with Crippen LogP contribution in [0.15, 0.2) is 41.7 Å². The number of imidazole rings is 1. The Labute approximate surface area is 342 Å². The van der Waals surface area contributed by atoms with Crippen molar-refractivity contribution in [1.82, 2.24) is 20.6 Å². The molecule has 8 rings (SSSR count). The SMILES string of the molecule is CC1(F)CC[C@](C)(C(=O)N[C@H](C2=NC=C(c3ccc(C45CCC(c6cnc([C@@H](NC(=O)[C@@]7(C)CCC(F)(F)CO7)C(C)(C)C)[nH]6)(CC4)CC5)cc3)C2)C(C)(C)C)OC1. The number of rotatable bonds is 9. The molecule has 0 radical (unpaired) electrons. The number of hydrogen-bond donors (Lipinski definition) is 3. The lowest BCUT2D eigenvalue weighted by atomic mass is 9.51. The molecule has 0 spiro atoms. The molecule has 3 aliphatic carbocycles. The summed E-state index contributed by atoms with van der Waals surface area (Å²) in [5.74, 6) is -2.86. The molecule has 3 N–H and O–H groups in total. The Morgan fingerprint density at radius 2 is 1.26 bits per heavy atom. The largest absolute Gasteiger partial charge is 0.362 e. The van der Waals surface area contributed by atoms with Crippen molar-refractivity contribution in [2.24, 2.45) is 15.8 Å². The van der Waals surface area contributed by atoms with Crippen LogP contribution < -0.4 is 10.6 Å². The predicted octanol–water partition coefficient (Wildman–Crippen LogP) is 9.37. The fourth-order valence-corrected chi connectivity index (χ4v) is 9.82. The van der Waals surface area contributed by atoms with Gasteiger partial charge in [0.05, 0.1) is 18.7 Å². The number of aromatic amines is 1. The summed E-state index contributed by atoms with van der Waals surface area (Å²) in [6.07, 6.45) is 11.0. The smallest absolute Gasteiger partial charge is 0.271 e. The standard InChI is InChI=1S/C46H64F3N5O4/c1-39(2,3)34(53-37(55)42(8)15-14-41(7,47)27-57-42)32-24-30(25-50-32)29-10-12-31(13-11-29)44-17-20-45(21-18-44,22-19-44)33-26-51-36(52-33)35(40(4,5)6)54-38(56)43(9)16-23-46(48,49)28-58-43/h10-13,25-26,34-35H,14-24,27-28H2,1-9H3,(H,51,52)(H,53,55)(H,54,56)/t34-,35-,41?,42-,43-,44?,45?/m1/s1. The van der Waals surface area contributed by atoms with Crippen LogP contribution in [0.4, 0.5) is 13.2 Å². The maximum atomic E-state index is 14.5. The number of H-pyrrole nitrogens is 1. The Hall–Kier alpha value is -3.51. The average molecular weight is 808 g/mol. The van der Waals surface area contributed by atoms with Crippen LogP contribution in [0.25, 0.3) is 5.57 Å². The third kappa shape index (κ3) is 8.30. The van der Waals surface area contributed by atoms with Crippen LogP contribution in [0.3, 0.4) is 0 Å². The quantitative estimate of drug-likeness (QED) is 0.234. The average Bonchev–Trinajstić information content (AvgIpc) is 3.87. The highest BCUT2D eigenvalue weighted by Crippen LogP contribution is 2.58. The van der Waals surface area contributed by atoms with E-state index in [-0.39, 0.29) is 54.1 Å². The van der Waals surface area contributed by atoms with Gasteiger partial charge in [-0.3, -0.25) is 14.6 Å². The molecule has 6 aliphatic rings. The van der Waals surface area contributed by atoms with Gasteiger partial charge in [-0.15, -0.1) is 0 Å². The van der Waals surface area contributed by atoms with E-state index in [9.17, 15) is 22.8 Å². The summed E-state index contributed by atoms with van der Waals surface area (Å²) < 4.78 is 53.4. The molecule has 5 atom stereocenters. The third-order valence-corrected chi connectivity index (χ3v) is 14.3. The van der Waals surface area contributed by atoms with Crippen molar-refractivity contribution in [3.8, 4) is 0 Å². The number of amides is 2. The fourth-order valence-electron chi connectivity index (χ4n) is 9.82. The van der Waals surface area contributed by atoms with Gasteiger partial charge in [-0.25, -0.2) is 18.2 Å². The van der Waals surface area contributed by atoms with E-state index in [2.05, 4.69) is 60.7 Å². The first-order valence-electron chi connectivity index (χ1n) is 21.3. The van der Waals surface area contributed by atoms with Gasteiger partial charge in [-0.1, -0.05) is 65.8 Å². The number of allylic oxidation sites excluding steroid dienone is 1. The number of alkyl halides is 3. The van der Waals surface area contributed by atoms with Crippen LogP contribution in [0.1, 0.15) is 162 Å². The number of nitrogens with one attached hydrogen (secondary N) is 3. The first kappa shape index (κ1) is 42.6. The molecule has 2 bridgehead atoms. The minimum absolute atomic E-state index is 0.0147. The molecule has 3 saturated carbocycles. The number of carbonyl (C=O) groups excluding carboxylic acids is 2. The van der Waals surface area contributed by atoms with Crippen molar-refractivity contribution in [2.75, 3.05) is 13.2 Å². The third-order valence-electron chi connectivity index (χ3n) is 14.3. The van der Waals surface area contributed by atoms with Gasteiger partial charge in [0.2, 0.25) is 0 Å². The zero-order valence-corrected chi connectivity index (χ0v) is 36.0. The molecule has 4 heterocycles. The van der Waals surface area contributed by atoms with Crippen LogP contribution in [-0.2, 0) is 29.9 Å². The van der Waals surface area contributed by atoms with Crippen molar-refractivity contribution in [1.29, 1.82) is 0 Å². The molecule has 1 unspecified atom stereocenters. The maximum Gasteiger partial charge on any atom is 0.271 e. The lowest BCUT2D eigenvalue weighted by Gasteiger charge is -2.53. The second kappa shape index (κ2) is 14.6. The van der Waals surface area contributed by atoms with E-state index < -0.39 is 46.8 Å². The Bertz CT molecular complexity index is 1910. The fraction of sp³-hybridized carbons (Fsp3) is 0.696. The number of ether oxygens (including phenoxy) is 2. The number of aliphatic imine (C=N–C) groups is 1. The summed E-state index contributed by atoms with van der Waals surface area (Å²) in [5, 5.41) is 6.34. The summed E-state index contributed by atoms with van der Waals surface area (Å²) in [6, 6.07) is 8.25. The van der Waals surface area contributed by atoms with Crippen LogP contribution in [0.5, 0.6) is 0 Å². The maximum absolute atomic E-state index is 14.5. The number of aromatic nitrogens is 2. The minimum Gasteiger partial charge on any atom is -0.362 e. The molecule has 3 aliphatic heterocycles. The van der Waals surface area contributed by atoms with Gasteiger partial charge in [0.1, 0.15) is 29.3 Å². The molecule has 2 aromatic rings. The molecular formula is C46H64F3N5O4. The van der Waals surface area contributed by atoms with E-state index in [0.717, 1.165) is 61.1 Å². The van der Waals surface area contributed by atoms with Gasteiger partial charge in [-0.05, 0) is 112 Å². The van der Waals surface area contributed by atoms with Crippen LogP contribution >= 0.6 is 0 Å². The molecule has 9 nitrogen and oxygen atoms in total. The first-order valence-corrected chi connectivity index (χ1v) is 21.3. The van der Waals surface area contributed by atoms with Gasteiger partial charge >= 0.3 is 0 Å². The molecule has 2 saturated heterocycles. The highest BCUT2D eigenvalue weighted by Gasteiger charge is 2.52. The van der Waals surface area contributed by atoms with E-state index in [1.54, 1.807) is 13.8 Å². The number of halogens is 3. The Morgan fingerprint density at radius 3 is 1.78 bits per heavy atom. The van der Waals surface area contributed by atoms with E-state index in [0.29, 0.717) is 18.7 Å². The minimum atomic E-state index is -2.92. The number of fused-ring (bicyclic) bond motifs is 3. The summed E-state index contributed by atoms with van der Waals surface area (Å²) in [6.45, 7) is 16.4. The molecule has 1 aromatic heterocycles. The summed E-state index contributed by atoms with van der Waals surface area (Å²) in [7, 11) is 0. The molecule has 318 valence electrons. The Balaban J connectivity index is 0.977. The van der Waals surface area contributed by atoms with Crippen molar-refractivity contribution in [3.05, 3.63) is 59.3 Å². The van der Waals surface area contributed by atoms with Gasteiger partial charge in [0, 0.05) is 42.1 Å². The monoisotopic (exact) mass is 807 g/mol. The topological polar surface area (TPSA) is 118 Å². The molecular weight excluding hydrogens is 744 g/mol. The highest BCUT2D eigenvalue weighted by atomic mass is 19.3. The summed E-state index contributed by atoms with van der Waals surface area (Å²) >= 11 is 0. The van der Waals surface area contributed by atoms with Gasteiger partial charge in [0.25, 0.3) is 17.7 Å². The Morgan fingerprint density at radius 1 is 0.724 bits per heavy atom. The van der Waals surface area contributed by atoms with E-state index in [1.165, 1.54) is 12.5 Å². The van der Waals surface area contributed by atoms with Crippen LogP contribution in [0.2, 0.25) is 0 Å². The van der Waals surface area contributed by atoms with Crippen LogP contribution in [-0.4, -0.2) is 69.5 Å². The Kier molecular flexibility index (Phi) is 10.7. The van der Waals surface area contributed by atoms with Gasteiger partial charge < -0.3 is 25.1 Å². The second-order valence-corrected chi connectivity index (χ2v) is 21.1. The molecule has 1 aromatic carbocycles. The number of carbonyl (C=O) groups is 2. The van der Waals surface area contributed by atoms with E-state index in [4.69, 9.17) is 19.5 Å². The second-order valence-electron chi connectivity index (χ2n) is 21.1. The first-order chi connectivity index (χ1) is 26.9. The number of benzene rings is 1. The van der Waals surface area contributed by atoms with Crippen molar-refractivity contribution in [2.45, 2.75) is 179 Å². The molecule has 2 amide bonds. The normalized spacial score (nSPS) is 33.5. The van der Waals surface area contributed by atoms with E-state index >= 15 is 0 Å². The summed E-state index contributed by atoms with van der Waals surface area (Å²) in [4.78, 5) is 40.3. The van der Waals surface area contributed by atoms with Crippen molar-refractivity contribution < 1.29 is 32.2 Å². The highest BCUT2D eigenvalue weighted by molar-refractivity contribution is 6.04. The zero-order chi connectivity index (χ0) is 42.2. The van der Waals surface area contributed by atoms with Crippen LogP contribution in [0, 0.1) is 10.8 Å². The van der Waals surface area contributed by atoms with Crippen molar-refractivity contribution >= 4 is 23.1 Å². The summed E-state index contributed by atoms with van der Waals surface area (Å²) in [5.41, 5.74) is 1.20. The predicted molar refractivity (Wildman–Crippen MR) is 219 cm³/mol. The zero-order valence-electron chi connectivity index (χ0n) is 36.0. The molecule has 58 heavy (non-hydrogen) atoms. The van der Waals surface area contributed by atoms with Gasteiger partial charge in [0.15, 0.2) is 0 Å². The lowest BCUT2D eigenvalue weighted by Crippen LogP contribution is -2.58. The molecule has 5 fully saturated rings. The number of hydrogen-bond acceptors (Lipinski definition) is 6.